The number of fused-ring (bicyclic) bond motifs is 1. The summed E-state index contributed by atoms with van der Waals surface area (Å²) in [6.07, 6.45) is 2.72. The van der Waals surface area contributed by atoms with E-state index >= 15 is 0 Å². The molecule has 11 heteroatoms. The van der Waals surface area contributed by atoms with E-state index in [1.807, 2.05) is 0 Å². The van der Waals surface area contributed by atoms with Crippen LogP contribution in [0.25, 0.3) is 11.0 Å². The Labute approximate surface area is 199 Å². The van der Waals surface area contributed by atoms with E-state index in [1.165, 1.54) is 12.3 Å². The third-order valence-corrected chi connectivity index (χ3v) is 6.91. The van der Waals surface area contributed by atoms with E-state index in [9.17, 15) is 18.8 Å². The van der Waals surface area contributed by atoms with Crippen molar-refractivity contribution in [3.63, 3.8) is 0 Å². The maximum absolute atomic E-state index is 14.7. The third-order valence-electron chi connectivity index (χ3n) is 6.91. The normalized spacial score (nSPS) is 19.8. The van der Waals surface area contributed by atoms with Crippen LogP contribution >= 0.6 is 0 Å². The number of hydrogen-bond acceptors (Lipinski definition) is 7. The number of carbonyl (C=O) groups is 2. The van der Waals surface area contributed by atoms with Gasteiger partial charge in [-0.2, -0.15) is 0 Å². The lowest BCUT2D eigenvalue weighted by Crippen LogP contribution is -2.46. The molecule has 1 unspecified atom stereocenters. The fraction of sp³-hybridized carbons (Fsp3) is 0.375. The second-order valence-electron chi connectivity index (χ2n) is 9.16. The van der Waals surface area contributed by atoms with E-state index in [2.05, 4.69) is 25.5 Å². The Balaban J connectivity index is 1.08. The van der Waals surface area contributed by atoms with Crippen LogP contribution in [-0.4, -0.2) is 63.5 Å². The summed E-state index contributed by atoms with van der Waals surface area (Å²) in [4.78, 5) is 47.2. The minimum Gasteiger partial charge on any atom is -0.480 e. The van der Waals surface area contributed by atoms with E-state index in [0.717, 1.165) is 25.9 Å². The molecule has 2 N–H and O–H groups in total. The van der Waals surface area contributed by atoms with Crippen molar-refractivity contribution in [3.8, 4) is 5.75 Å². The number of halogens is 1. The van der Waals surface area contributed by atoms with Gasteiger partial charge in [-0.05, 0) is 31.0 Å². The van der Waals surface area contributed by atoms with Gasteiger partial charge in [0, 0.05) is 49.8 Å². The number of carbonyl (C=O) groups excluding carboxylic acids is 2. The Hall–Kier alpha value is -3.86. The van der Waals surface area contributed by atoms with Gasteiger partial charge >= 0.3 is 0 Å². The lowest BCUT2D eigenvalue weighted by Gasteiger charge is -2.34. The number of nitrogens with zero attached hydrogens (tertiary/aromatic N) is 4. The zero-order valence-electron chi connectivity index (χ0n) is 18.8. The highest BCUT2D eigenvalue weighted by molar-refractivity contribution is 5.97. The van der Waals surface area contributed by atoms with Gasteiger partial charge in [-0.25, -0.2) is 9.37 Å². The molecule has 0 saturated carbocycles. The summed E-state index contributed by atoms with van der Waals surface area (Å²) in [7, 11) is 0. The van der Waals surface area contributed by atoms with E-state index < -0.39 is 0 Å². The van der Waals surface area contributed by atoms with Gasteiger partial charge in [0.05, 0.1) is 17.2 Å². The molecule has 0 spiro atoms. The standard InChI is InChI=1S/C24H23FN6O4/c25-15-9-26-16-2-4-20(33)31-11-13(21(15)22(16)31)10-30-7-5-14(6-8-30)27-24(34)17-1-3-18-23(28-17)29-19(32)12-35-18/h1-4,9,13-14H,5-8,10-12H2,(H,27,34)(H,28,29,32). The summed E-state index contributed by atoms with van der Waals surface area (Å²) in [5, 5.41) is 5.63. The quantitative estimate of drug-likeness (QED) is 0.580. The fourth-order valence-electron chi connectivity index (χ4n) is 5.22. The molecule has 3 aliphatic rings. The molecule has 1 fully saturated rings. The summed E-state index contributed by atoms with van der Waals surface area (Å²) in [6.45, 7) is 2.48. The summed E-state index contributed by atoms with van der Waals surface area (Å²) in [5.74, 6) is -0.429. The molecule has 10 nitrogen and oxygen atoms in total. The van der Waals surface area contributed by atoms with Crippen LogP contribution in [0.4, 0.5) is 10.2 Å². The minimum absolute atomic E-state index is 0.0183. The van der Waals surface area contributed by atoms with E-state index in [1.54, 1.807) is 22.8 Å². The molecule has 0 aliphatic carbocycles. The largest absolute Gasteiger partial charge is 0.480 e. The number of likely N-dealkylation sites (tertiary alicyclic amines) is 1. The predicted molar refractivity (Wildman–Crippen MR) is 124 cm³/mol. The number of aromatic nitrogens is 3. The Morgan fingerprint density at radius 2 is 2.03 bits per heavy atom. The molecule has 3 aromatic heterocycles. The number of ether oxygens (including phenoxy) is 1. The van der Waals surface area contributed by atoms with Crippen molar-refractivity contribution >= 4 is 28.7 Å². The average Bonchev–Trinajstić information content (AvgIpc) is 3.24. The van der Waals surface area contributed by atoms with Crippen LogP contribution in [0.2, 0.25) is 0 Å². The van der Waals surface area contributed by atoms with Gasteiger partial charge in [0.15, 0.2) is 18.2 Å². The van der Waals surface area contributed by atoms with Crippen molar-refractivity contribution in [1.82, 2.24) is 24.8 Å². The molecule has 6 heterocycles. The molecule has 3 aromatic rings. The highest BCUT2D eigenvalue weighted by atomic mass is 19.1. The summed E-state index contributed by atoms with van der Waals surface area (Å²) < 4.78 is 21.6. The Morgan fingerprint density at radius 1 is 1.20 bits per heavy atom. The van der Waals surface area contributed by atoms with Crippen molar-refractivity contribution in [1.29, 1.82) is 0 Å². The maximum atomic E-state index is 14.7. The predicted octanol–water partition coefficient (Wildman–Crippen LogP) is 1.25. The van der Waals surface area contributed by atoms with Crippen LogP contribution in [0.3, 0.4) is 0 Å². The maximum Gasteiger partial charge on any atom is 0.270 e. The van der Waals surface area contributed by atoms with Gasteiger partial charge in [0.2, 0.25) is 0 Å². The minimum atomic E-state index is -0.374. The van der Waals surface area contributed by atoms with Crippen LogP contribution in [0.1, 0.15) is 34.8 Å². The van der Waals surface area contributed by atoms with Gasteiger partial charge in [-0.1, -0.05) is 0 Å². The lowest BCUT2D eigenvalue weighted by molar-refractivity contribution is -0.118. The topological polar surface area (TPSA) is 118 Å². The van der Waals surface area contributed by atoms with Gasteiger partial charge in [-0.3, -0.25) is 19.4 Å². The molecule has 1 atom stereocenters. The first-order valence-corrected chi connectivity index (χ1v) is 11.6. The van der Waals surface area contributed by atoms with Gasteiger partial charge in [0.1, 0.15) is 11.5 Å². The third kappa shape index (κ3) is 3.91. The number of amides is 2. The van der Waals surface area contributed by atoms with E-state index in [0.29, 0.717) is 35.4 Å². The van der Waals surface area contributed by atoms with Gasteiger partial charge in [-0.15, -0.1) is 0 Å². The monoisotopic (exact) mass is 478 g/mol. The summed E-state index contributed by atoms with van der Waals surface area (Å²) in [5.41, 5.74) is 1.87. The lowest BCUT2D eigenvalue weighted by atomic mass is 9.98. The van der Waals surface area contributed by atoms with Crippen molar-refractivity contribution in [3.05, 3.63) is 57.9 Å². The average molecular weight is 478 g/mol. The molecule has 180 valence electrons. The van der Waals surface area contributed by atoms with E-state index in [4.69, 9.17) is 4.74 Å². The van der Waals surface area contributed by atoms with Gasteiger partial charge in [0.25, 0.3) is 17.4 Å². The Bertz CT molecular complexity index is 1420. The highest BCUT2D eigenvalue weighted by Crippen LogP contribution is 2.34. The Kier molecular flexibility index (Phi) is 5.21. The highest BCUT2D eigenvalue weighted by Gasteiger charge is 2.32. The molecule has 6 rings (SSSR count). The van der Waals surface area contributed by atoms with Crippen LogP contribution < -0.4 is 20.9 Å². The number of anilines is 1. The first-order valence-electron chi connectivity index (χ1n) is 11.6. The summed E-state index contributed by atoms with van der Waals surface area (Å²) in [6, 6.07) is 6.30. The van der Waals surface area contributed by atoms with Crippen LogP contribution in [-0.2, 0) is 11.3 Å². The molecule has 3 aliphatic heterocycles. The van der Waals surface area contributed by atoms with Crippen molar-refractivity contribution in [2.45, 2.75) is 31.3 Å². The second-order valence-corrected chi connectivity index (χ2v) is 9.16. The number of pyridine rings is 3. The number of nitrogens with one attached hydrogen (secondary N) is 2. The molecule has 0 bridgehead atoms. The second kappa shape index (κ2) is 8.42. The molecule has 35 heavy (non-hydrogen) atoms. The van der Waals surface area contributed by atoms with Crippen LogP contribution in [0, 0.1) is 5.82 Å². The Morgan fingerprint density at radius 3 is 2.86 bits per heavy atom. The van der Waals surface area contributed by atoms with Crippen molar-refractivity contribution < 1.29 is 18.7 Å². The van der Waals surface area contributed by atoms with Crippen molar-refractivity contribution in [2.75, 3.05) is 31.6 Å². The molecule has 1 saturated heterocycles. The van der Waals surface area contributed by atoms with Crippen molar-refractivity contribution in [2.24, 2.45) is 0 Å². The first-order chi connectivity index (χ1) is 17.0. The smallest absolute Gasteiger partial charge is 0.270 e. The van der Waals surface area contributed by atoms with Gasteiger partial charge < -0.3 is 24.8 Å². The first kappa shape index (κ1) is 21.7. The zero-order valence-corrected chi connectivity index (χ0v) is 18.8. The van der Waals surface area contributed by atoms with Crippen LogP contribution in [0.5, 0.6) is 5.75 Å². The fourth-order valence-corrected chi connectivity index (χ4v) is 5.22. The number of rotatable bonds is 4. The molecular weight excluding hydrogens is 455 g/mol. The molecule has 2 amide bonds. The zero-order chi connectivity index (χ0) is 24.1. The molecule has 0 aromatic carbocycles. The molecular formula is C24H23FN6O4. The van der Waals surface area contributed by atoms with Crippen LogP contribution in [0.15, 0.2) is 35.3 Å². The summed E-state index contributed by atoms with van der Waals surface area (Å²) >= 11 is 0. The number of hydrogen-bond donors (Lipinski definition) is 2. The SMILES string of the molecule is O=C1COc2ccc(C(=O)NC3CCN(CC4Cn5c(=O)ccc6ncc(F)c4c65)CC3)nc2N1. The molecule has 0 radical (unpaired) electrons. The van der Waals surface area contributed by atoms with E-state index in [-0.39, 0.29) is 53.3 Å². The number of piperidine rings is 1.